The first kappa shape index (κ1) is 107. The second kappa shape index (κ2) is 52.4. The molecule has 4 aromatic rings. The molecule has 0 spiro atoms. The summed E-state index contributed by atoms with van der Waals surface area (Å²) in [7, 11) is 0. The summed E-state index contributed by atoms with van der Waals surface area (Å²) in [5.74, 6) is -24.5. The van der Waals surface area contributed by atoms with Crippen LogP contribution in [-0.2, 0) is 110 Å². The fraction of sp³-hybridized carbons (Fsp3) is 0.554. The number of imidazole rings is 1. The van der Waals surface area contributed by atoms with Gasteiger partial charge in [0, 0.05) is 67.6 Å². The number of nitrogens with zero attached hydrogens (tertiary/aromatic N) is 1. The second-order valence-corrected chi connectivity index (χ2v) is 33.0. The lowest BCUT2D eigenvalue weighted by Crippen LogP contribution is -2.62. The predicted molar refractivity (Wildman–Crippen MR) is 465 cm³/mol. The first-order valence-electron chi connectivity index (χ1n) is 42.5. The molecule has 2 aromatic carbocycles. The van der Waals surface area contributed by atoms with Crippen LogP contribution >= 0.6 is 0 Å². The van der Waals surface area contributed by atoms with E-state index < -0.39 is 298 Å². The Labute approximate surface area is 748 Å². The Morgan fingerprint density at radius 1 is 0.562 bits per heavy atom. The highest BCUT2D eigenvalue weighted by molar-refractivity contribution is 6.02. The third-order valence-corrected chi connectivity index (χ3v) is 21.0. The van der Waals surface area contributed by atoms with E-state index in [2.05, 4.69) is 105 Å². The van der Waals surface area contributed by atoms with Gasteiger partial charge in [0.2, 0.25) is 106 Å². The number of carbonyl (C=O) groups excluding carboxylic acids is 18. The third kappa shape index (κ3) is 35.0. The van der Waals surface area contributed by atoms with Gasteiger partial charge >= 0.3 is 5.97 Å². The molecular formula is C83H124N24O23. The van der Waals surface area contributed by atoms with Crippen molar-refractivity contribution in [2.45, 2.75) is 231 Å². The Morgan fingerprint density at radius 2 is 1.12 bits per heavy atom. The maximum Gasteiger partial charge on any atom is 0.326 e. The van der Waals surface area contributed by atoms with E-state index >= 15 is 19.2 Å². The molecule has 15 atom stereocenters. The van der Waals surface area contributed by atoms with Crippen molar-refractivity contribution in [3.8, 4) is 5.75 Å². The minimum Gasteiger partial charge on any atom is -0.508 e. The summed E-state index contributed by atoms with van der Waals surface area (Å²) in [6.45, 7) is 11.6. The smallest absolute Gasteiger partial charge is 0.326 e. The van der Waals surface area contributed by atoms with Gasteiger partial charge in [-0.15, -0.1) is 0 Å². The number of aliphatic carboxylic acids is 1. The lowest BCUT2D eigenvalue weighted by Gasteiger charge is -2.30. The van der Waals surface area contributed by atoms with Crippen molar-refractivity contribution < 1.29 is 112 Å². The van der Waals surface area contributed by atoms with Gasteiger partial charge in [0.1, 0.15) is 90.3 Å². The molecule has 47 heteroatoms. The van der Waals surface area contributed by atoms with Crippen LogP contribution in [0.4, 0.5) is 0 Å². The number of aliphatic hydroxyl groups excluding tert-OH is 2. The number of hydrogen-bond donors (Lipinski definition) is 27. The number of aromatic hydroxyl groups is 1. The van der Waals surface area contributed by atoms with E-state index in [1.54, 1.807) is 65.8 Å². The van der Waals surface area contributed by atoms with Crippen molar-refractivity contribution in [3.05, 3.63) is 84.1 Å². The molecule has 1 saturated heterocycles. The highest BCUT2D eigenvalue weighted by Crippen LogP contribution is 2.22. The Bertz CT molecular complexity index is 4640. The fourth-order valence-corrected chi connectivity index (χ4v) is 13.5. The molecule has 18 amide bonds. The van der Waals surface area contributed by atoms with Crippen molar-refractivity contribution in [2.24, 2.45) is 46.8 Å². The number of carbonyl (C=O) groups is 19. The number of aliphatic hydroxyl groups is 2. The molecule has 0 aliphatic carbocycles. The topological polar surface area (TPSA) is 756 Å². The van der Waals surface area contributed by atoms with Crippen LogP contribution in [0.25, 0.3) is 10.9 Å². The minimum atomic E-state index is -1.93. The monoisotopic (exact) mass is 1820 g/mol. The molecule has 1 unspecified atom stereocenters. The van der Waals surface area contributed by atoms with Crippen molar-refractivity contribution in [1.29, 1.82) is 5.41 Å². The van der Waals surface area contributed by atoms with E-state index in [0.29, 0.717) is 28.5 Å². The summed E-state index contributed by atoms with van der Waals surface area (Å²) >= 11 is 0. The van der Waals surface area contributed by atoms with Crippen LogP contribution in [0, 0.1) is 35.0 Å². The zero-order chi connectivity index (χ0) is 96.9. The number of hydrogen-bond acceptors (Lipinski definition) is 24. The van der Waals surface area contributed by atoms with E-state index in [1.807, 2.05) is 0 Å². The Balaban J connectivity index is 1.51. The quantitative estimate of drug-likeness (QED) is 0.0112. The zero-order valence-electron chi connectivity index (χ0n) is 74.1. The highest BCUT2D eigenvalue weighted by atomic mass is 16.4. The molecule has 5 rings (SSSR count). The number of guanidine groups is 1. The van der Waals surface area contributed by atoms with E-state index in [1.165, 1.54) is 70.7 Å². The number of H-pyrrole nitrogens is 2. The number of primary amides is 2. The molecule has 0 radical (unpaired) electrons. The molecule has 3 heterocycles. The summed E-state index contributed by atoms with van der Waals surface area (Å²) in [6.07, 6.45) is -0.535. The largest absolute Gasteiger partial charge is 0.508 e. The first-order chi connectivity index (χ1) is 61.3. The molecular weight excluding hydrogens is 1700 g/mol. The number of phenolic OH excluding ortho intramolecular Hbond substituents is 1. The molecule has 2 aromatic heterocycles. The molecule has 0 saturated carbocycles. The highest BCUT2D eigenvalue weighted by Gasteiger charge is 2.41. The lowest BCUT2D eigenvalue weighted by molar-refractivity contribution is -0.144. The number of carboxylic acids is 1. The number of para-hydroxylation sites is 1. The number of nitrogens with one attached hydrogen (secondary N) is 20. The molecule has 1 fully saturated rings. The average Bonchev–Trinajstić information content (AvgIpc) is 1.66. The van der Waals surface area contributed by atoms with Crippen LogP contribution in [0.1, 0.15) is 144 Å². The molecule has 47 nitrogen and oxygen atoms in total. The van der Waals surface area contributed by atoms with Gasteiger partial charge < -0.3 is 138 Å². The average molecular weight is 1830 g/mol. The summed E-state index contributed by atoms with van der Waals surface area (Å²) in [4.78, 5) is 276. The summed E-state index contributed by atoms with van der Waals surface area (Å²) < 4.78 is 0. The second-order valence-electron chi connectivity index (χ2n) is 33.0. The number of aromatic amines is 2. The maximum absolute atomic E-state index is 15.4. The number of phenols is 1. The Morgan fingerprint density at radius 3 is 1.71 bits per heavy atom. The number of aromatic nitrogens is 3. The van der Waals surface area contributed by atoms with Gasteiger partial charge in [-0.2, -0.15) is 0 Å². The fourth-order valence-electron chi connectivity index (χ4n) is 13.5. The van der Waals surface area contributed by atoms with Crippen LogP contribution in [-0.4, -0.2) is 271 Å². The van der Waals surface area contributed by atoms with Gasteiger partial charge in [-0.05, 0) is 91.0 Å². The van der Waals surface area contributed by atoms with Crippen molar-refractivity contribution >= 4 is 129 Å². The molecule has 0 bridgehead atoms. The van der Waals surface area contributed by atoms with Crippen LogP contribution in [0.3, 0.4) is 0 Å². The molecule has 1 aliphatic rings. The summed E-state index contributed by atoms with van der Waals surface area (Å²) in [6, 6.07) is -11.1. The van der Waals surface area contributed by atoms with Crippen LogP contribution < -0.4 is 108 Å². The zero-order valence-corrected chi connectivity index (χ0v) is 74.1. The van der Waals surface area contributed by atoms with E-state index in [-0.39, 0.29) is 49.6 Å². The van der Waals surface area contributed by atoms with E-state index in [4.69, 9.17) is 22.6 Å². The lowest BCUT2D eigenvalue weighted by atomic mass is 9.97. The van der Waals surface area contributed by atoms with Gasteiger partial charge in [0.05, 0.1) is 39.1 Å². The van der Waals surface area contributed by atoms with Gasteiger partial charge in [0.25, 0.3) is 0 Å². The van der Waals surface area contributed by atoms with Crippen LogP contribution in [0.15, 0.2) is 67.3 Å². The number of nitrogens with two attached hydrogens (primary N) is 3. The predicted octanol–water partition coefficient (Wildman–Crippen LogP) is -7.03. The van der Waals surface area contributed by atoms with Gasteiger partial charge in [-0.1, -0.05) is 106 Å². The van der Waals surface area contributed by atoms with Crippen LogP contribution in [0.5, 0.6) is 5.75 Å². The Kier molecular flexibility index (Phi) is 43.0. The van der Waals surface area contributed by atoms with Gasteiger partial charge in [0.15, 0.2) is 5.96 Å². The van der Waals surface area contributed by atoms with Gasteiger partial charge in [-0.25, -0.2) is 9.78 Å². The molecule has 130 heavy (non-hydrogen) atoms. The molecule has 30 N–H and O–H groups in total. The molecule has 714 valence electrons. The van der Waals surface area contributed by atoms with Crippen molar-refractivity contribution in [3.63, 3.8) is 0 Å². The molecule has 1 aliphatic heterocycles. The van der Waals surface area contributed by atoms with Crippen molar-refractivity contribution in [2.75, 3.05) is 32.8 Å². The minimum absolute atomic E-state index is 0.0605. The summed E-state index contributed by atoms with van der Waals surface area (Å²) in [5, 5.41) is 91.2. The normalized spacial score (nSPS) is 19.6. The number of rotatable bonds is 41. The number of amides is 18. The summed E-state index contributed by atoms with van der Waals surface area (Å²) in [5.41, 5.74) is 18.0. The third-order valence-electron chi connectivity index (χ3n) is 21.0. The SMILES string of the molecule is CC[C@H](C)[C@H](NC(=O)[C@@H](NC(=O)[C@H](CC(N)=O)NC(=O)[C@H](CO)NC(=O)[C@H](Cc1cnc[nH]1)NC(=O)CNC(=O)[C@@H](NC(=O)[C@H](Cc1c[nH]c2ccccc12)NC(=O)C1CCC(=O)NCC(=O)N[C@@H](CO)C(=O)N[C@@H](CCC(N)=O)C(=O)N[C@@H](CC(C)C)C(=O)N[C@@H](C(C)C)C(=O)N[C@@H](Cc2ccc(O)cc2)C(=O)N[C@@H](CCCNC(=N)N)C(=O)N1)C(C)C)C(C)C)C(=O)O. The van der Waals surface area contributed by atoms with E-state index in [0.717, 1.165) is 0 Å². The standard InChI is InChI=1S/C83H124N24O23/c1-11-43(10)68(82(129)130)107-81(128)67(42(8)9)106-76(123)57(31-61(85)112)101-78(125)59(37-109)103-73(120)56(30-46-33-88-38-93-46)94-64(115)35-92-79(126)65(40(4)5)104-75(122)55(29-45-32-90-49-16-13-12-15-48(45)49)100-71(118)52-23-25-62(113)91-34-63(114)95-58(36-108)77(124)98-51(22-24-60(84)111)70(117)99-53(27-39(2)3)74(121)105-66(41(6)7)80(127)102-54(28-44-18-20-47(110)21-19-44)72(119)96-50(69(116)97-52)17-14-26-89-83(86)87/h12-13,15-16,18-21,32-33,38-43,50-59,65-68,90,108-110H,11,14,17,22-31,34-37H2,1-10H3,(H2,84,111)(H2,85,112)(H,88,93)(H,91,113)(H,92,126)(H,94,115)(H,95,114)(H,96,119)(H,97,116)(H,98,124)(H,99,117)(H,100,118)(H,101,125)(H,102,127)(H,103,120)(H,104,122)(H,105,121)(H,106,123)(H,107,128)(H,129,130)(H4,86,87,89)/t43-,50-,51-,52?,53-,54-,55-,56-,57-,58-,59-,65-,66-,67-,68-/m0/s1. The van der Waals surface area contributed by atoms with Crippen LogP contribution in [0.2, 0.25) is 0 Å². The van der Waals surface area contributed by atoms with Gasteiger partial charge in [-0.3, -0.25) is 91.7 Å². The number of carboxylic acid groups (broad SMARTS) is 1. The van der Waals surface area contributed by atoms with Crippen molar-refractivity contribution in [1.82, 2.24) is 105 Å². The number of benzene rings is 2. The Hall–Kier alpha value is -13.9. The maximum atomic E-state index is 15.4. The first-order valence-corrected chi connectivity index (χ1v) is 42.5. The number of fused-ring (bicyclic) bond motifs is 1. The van der Waals surface area contributed by atoms with E-state index in [9.17, 15) is 92.3 Å².